The highest BCUT2D eigenvalue weighted by atomic mass is 32.2. The van der Waals surface area contributed by atoms with Gasteiger partial charge >= 0.3 is 0 Å². The van der Waals surface area contributed by atoms with Crippen LogP contribution in [0.1, 0.15) is 0 Å². The molecule has 0 bridgehead atoms. The highest BCUT2D eigenvalue weighted by Gasteiger charge is 2.29. The number of hydrogen-bond acceptors (Lipinski definition) is 7. The number of aromatic nitrogens is 4. The molecule has 1 N–H and O–H groups in total. The van der Waals surface area contributed by atoms with Crippen LogP contribution in [0, 0.1) is 0 Å². The summed E-state index contributed by atoms with van der Waals surface area (Å²) in [5.74, 6) is 1.39. The third kappa shape index (κ3) is 3.13. The smallest absolute Gasteiger partial charge is 0.244 e. The van der Waals surface area contributed by atoms with E-state index in [0.29, 0.717) is 32.1 Å². The minimum Gasteiger partial charge on any atom is -0.363 e. The van der Waals surface area contributed by atoms with Crippen molar-refractivity contribution in [3.63, 3.8) is 0 Å². The summed E-state index contributed by atoms with van der Waals surface area (Å²) in [6.45, 7) is 1.94. The standard InChI is InChI=1S/C13H19N7O2S/c1-18(2)12-4-3-11(9-14-12)23(21,22)20-7-5-19(6-8-20)13-15-10-16-17-13/h3-4,9-10H,5-8H2,1-2H3,(H,15,16,17). The topological polar surface area (TPSA) is 98.3 Å². The normalized spacial score (nSPS) is 16.5. The van der Waals surface area contributed by atoms with Gasteiger partial charge in [-0.1, -0.05) is 0 Å². The molecule has 0 atom stereocenters. The Labute approximate surface area is 135 Å². The van der Waals surface area contributed by atoms with Crippen molar-refractivity contribution in [2.45, 2.75) is 4.90 Å². The van der Waals surface area contributed by atoms with Gasteiger partial charge < -0.3 is 9.80 Å². The number of aromatic amines is 1. The van der Waals surface area contributed by atoms with Crippen molar-refractivity contribution in [2.75, 3.05) is 50.1 Å². The molecule has 23 heavy (non-hydrogen) atoms. The van der Waals surface area contributed by atoms with E-state index in [4.69, 9.17) is 0 Å². The van der Waals surface area contributed by atoms with Gasteiger partial charge in [0.05, 0.1) is 0 Å². The molecular weight excluding hydrogens is 318 g/mol. The first-order chi connectivity index (χ1) is 11.0. The van der Waals surface area contributed by atoms with Gasteiger partial charge in [-0.3, -0.25) is 0 Å². The molecule has 1 aliphatic heterocycles. The van der Waals surface area contributed by atoms with E-state index < -0.39 is 10.0 Å². The molecule has 0 spiro atoms. The van der Waals surface area contributed by atoms with Gasteiger partial charge in [0, 0.05) is 46.5 Å². The van der Waals surface area contributed by atoms with Crippen LogP contribution in [-0.4, -0.2) is 73.2 Å². The van der Waals surface area contributed by atoms with Crippen molar-refractivity contribution in [2.24, 2.45) is 0 Å². The summed E-state index contributed by atoms with van der Waals surface area (Å²) in [6, 6.07) is 3.30. The Morgan fingerprint density at radius 2 is 1.87 bits per heavy atom. The number of sulfonamides is 1. The molecule has 1 aliphatic rings. The molecule has 2 aromatic heterocycles. The molecular formula is C13H19N7O2S. The number of nitrogens with zero attached hydrogens (tertiary/aromatic N) is 6. The van der Waals surface area contributed by atoms with E-state index in [1.54, 1.807) is 12.1 Å². The SMILES string of the molecule is CN(C)c1ccc(S(=O)(=O)N2CCN(c3ncn[nH]3)CC2)cn1. The maximum atomic E-state index is 12.7. The fourth-order valence-electron chi connectivity index (χ4n) is 2.43. The van der Waals surface area contributed by atoms with Crippen LogP contribution in [0.15, 0.2) is 29.6 Å². The lowest BCUT2D eigenvalue weighted by Crippen LogP contribution is -2.49. The van der Waals surface area contributed by atoms with Gasteiger partial charge in [-0.2, -0.15) is 14.4 Å². The zero-order valence-electron chi connectivity index (χ0n) is 13.0. The van der Waals surface area contributed by atoms with Crippen molar-refractivity contribution < 1.29 is 8.42 Å². The lowest BCUT2D eigenvalue weighted by Gasteiger charge is -2.33. The van der Waals surface area contributed by atoms with Crippen LogP contribution in [0.5, 0.6) is 0 Å². The van der Waals surface area contributed by atoms with E-state index in [-0.39, 0.29) is 4.90 Å². The molecule has 0 unspecified atom stereocenters. The van der Waals surface area contributed by atoms with Crippen molar-refractivity contribution in [1.29, 1.82) is 0 Å². The van der Waals surface area contributed by atoms with Crippen molar-refractivity contribution in [3.8, 4) is 0 Å². The summed E-state index contributed by atoms with van der Waals surface area (Å²) in [7, 11) is 0.203. The molecule has 3 rings (SSSR count). The fraction of sp³-hybridized carbons (Fsp3) is 0.462. The van der Waals surface area contributed by atoms with E-state index in [0.717, 1.165) is 5.82 Å². The summed E-state index contributed by atoms with van der Waals surface area (Å²) in [4.78, 5) is 12.3. The minimum atomic E-state index is -3.52. The van der Waals surface area contributed by atoms with Gasteiger partial charge in [0.15, 0.2) is 0 Å². The minimum absolute atomic E-state index is 0.219. The van der Waals surface area contributed by atoms with Gasteiger partial charge in [0.2, 0.25) is 16.0 Å². The highest BCUT2D eigenvalue weighted by Crippen LogP contribution is 2.19. The molecule has 2 aromatic rings. The van der Waals surface area contributed by atoms with Crippen molar-refractivity contribution >= 4 is 21.8 Å². The second kappa shape index (κ2) is 6.13. The quantitative estimate of drug-likeness (QED) is 0.823. The first-order valence-corrected chi connectivity index (χ1v) is 8.66. The molecule has 10 heteroatoms. The average Bonchev–Trinajstić information content (AvgIpc) is 3.09. The molecule has 0 amide bonds. The summed E-state index contributed by atoms with van der Waals surface area (Å²) in [5.41, 5.74) is 0. The monoisotopic (exact) mass is 337 g/mol. The van der Waals surface area contributed by atoms with Crippen LogP contribution >= 0.6 is 0 Å². The number of hydrogen-bond donors (Lipinski definition) is 1. The molecule has 0 radical (unpaired) electrons. The first kappa shape index (κ1) is 15.7. The summed E-state index contributed by atoms with van der Waals surface area (Å²) < 4.78 is 26.8. The number of piperazine rings is 1. The van der Waals surface area contributed by atoms with Gasteiger partial charge in [0.25, 0.3) is 0 Å². The zero-order valence-corrected chi connectivity index (χ0v) is 13.9. The predicted octanol–water partition coefficient (Wildman–Crippen LogP) is -0.223. The number of H-pyrrole nitrogens is 1. The van der Waals surface area contributed by atoms with Crippen molar-refractivity contribution in [1.82, 2.24) is 24.5 Å². The maximum absolute atomic E-state index is 12.7. The van der Waals surface area contributed by atoms with E-state index >= 15 is 0 Å². The highest BCUT2D eigenvalue weighted by molar-refractivity contribution is 7.89. The maximum Gasteiger partial charge on any atom is 0.244 e. The molecule has 3 heterocycles. The second-order valence-electron chi connectivity index (χ2n) is 5.45. The van der Waals surface area contributed by atoms with Crippen LogP contribution in [0.4, 0.5) is 11.8 Å². The molecule has 124 valence electrons. The largest absolute Gasteiger partial charge is 0.363 e. The number of nitrogens with one attached hydrogen (secondary N) is 1. The van der Waals surface area contributed by atoms with Crippen LogP contribution in [0.25, 0.3) is 0 Å². The summed E-state index contributed by atoms with van der Waals surface area (Å²) in [6.07, 6.45) is 2.85. The Morgan fingerprint density at radius 3 is 2.39 bits per heavy atom. The Hall–Kier alpha value is -2.20. The summed E-state index contributed by atoms with van der Waals surface area (Å²) >= 11 is 0. The van der Waals surface area contributed by atoms with Crippen molar-refractivity contribution in [3.05, 3.63) is 24.7 Å². The lowest BCUT2D eigenvalue weighted by molar-refractivity contribution is 0.382. The van der Waals surface area contributed by atoms with Gasteiger partial charge in [-0.25, -0.2) is 18.5 Å². The molecule has 0 aromatic carbocycles. The molecule has 9 nitrogen and oxygen atoms in total. The third-order valence-electron chi connectivity index (χ3n) is 3.76. The van der Waals surface area contributed by atoms with E-state index in [1.807, 2.05) is 23.9 Å². The Bertz CT molecular complexity index is 735. The zero-order chi connectivity index (χ0) is 16.4. The second-order valence-corrected chi connectivity index (χ2v) is 7.38. The van der Waals surface area contributed by atoms with Gasteiger partial charge in [-0.15, -0.1) is 0 Å². The molecule has 1 fully saturated rings. The fourth-order valence-corrected chi connectivity index (χ4v) is 3.80. The number of anilines is 2. The van der Waals surface area contributed by atoms with Crippen LogP contribution in [0.2, 0.25) is 0 Å². The number of pyridine rings is 1. The van der Waals surface area contributed by atoms with E-state index in [2.05, 4.69) is 20.2 Å². The Balaban J connectivity index is 1.71. The van der Waals surface area contributed by atoms with Gasteiger partial charge in [-0.05, 0) is 12.1 Å². The first-order valence-electron chi connectivity index (χ1n) is 7.22. The summed E-state index contributed by atoms with van der Waals surface area (Å²) in [5, 5.41) is 6.60. The van der Waals surface area contributed by atoms with E-state index in [9.17, 15) is 8.42 Å². The molecule has 0 aliphatic carbocycles. The number of rotatable bonds is 4. The van der Waals surface area contributed by atoms with Crippen LogP contribution in [0.3, 0.4) is 0 Å². The van der Waals surface area contributed by atoms with Crippen LogP contribution in [-0.2, 0) is 10.0 Å². The van der Waals surface area contributed by atoms with Crippen LogP contribution < -0.4 is 9.80 Å². The lowest BCUT2D eigenvalue weighted by atomic mass is 10.4. The Morgan fingerprint density at radius 1 is 1.13 bits per heavy atom. The third-order valence-corrected chi connectivity index (χ3v) is 5.64. The molecule has 1 saturated heterocycles. The average molecular weight is 337 g/mol. The van der Waals surface area contributed by atoms with E-state index in [1.165, 1.54) is 16.8 Å². The van der Waals surface area contributed by atoms with Gasteiger partial charge in [0.1, 0.15) is 17.0 Å². The molecule has 0 saturated carbocycles. The predicted molar refractivity (Wildman–Crippen MR) is 85.9 cm³/mol. The Kier molecular flexibility index (Phi) is 4.18.